The zero-order valence-electron chi connectivity index (χ0n) is 9.33. The molecular formula is C10H13NaO4S. The molecule has 1 aromatic carbocycles. The van der Waals surface area contributed by atoms with Crippen LogP contribution < -0.4 is 29.6 Å². The monoisotopic (exact) mass is 252 g/mol. The molecule has 0 aromatic heterocycles. The quantitative estimate of drug-likeness (QED) is 0.499. The minimum atomic E-state index is -4.60. The van der Waals surface area contributed by atoms with Gasteiger partial charge in [-0.1, -0.05) is 37.3 Å². The molecule has 0 aliphatic rings. The number of rotatable bonds is 4. The Balaban J connectivity index is 0.00000225. The second-order valence-corrected chi connectivity index (χ2v) is 5.02. The average Bonchev–Trinajstić information content (AvgIpc) is 2.17. The summed E-state index contributed by atoms with van der Waals surface area (Å²) in [4.78, 5) is 0. The molecule has 84 valence electrons. The fraction of sp³-hybridized carbons (Fsp3) is 0.400. The molecule has 0 spiro atoms. The Morgan fingerprint density at radius 3 is 2.25 bits per heavy atom. The van der Waals surface area contributed by atoms with Gasteiger partial charge >= 0.3 is 29.6 Å². The topological polar surface area (TPSA) is 77.4 Å². The largest absolute Gasteiger partial charge is 1.00 e. The van der Waals surface area contributed by atoms with Gasteiger partial charge in [-0.15, -0.1) is 0 Å². The van der Waals surface area contributed by atoms with Crippen LogP contribution >= 0.6 is 0 Å². The van der Waals surface area contributed by atoms with E-state index in [1.807, 2.05) is 30.3 Å². The Labute approximate surface area is 118 Å². The van der Waals surface area contributed by atoms with Gasteiger partial charge in [0.25, 0.3) is 0 Å². The second-order valence-electron chi connectivity index (χ2n) is 3.49. The van der Waals surface area contributed by atoms with E-state index >= 15 is 0 Å². The Morgan fingerprint density at radius 1 is 1.31 bits per heavy atom. The molecule has 6 heteroatoms. The van der Waals surface area contributed by atoms with Gasteiger partial charge in [-0.05, 0) is 17.9 Å². The maximum Gasteiger partial charge on any atom is 1.00 e. The van der Waals surface area contributed by atoms with Crippen LogP contribution in [0, 0.1) is 0 Å². The minimum absolute atomic E-state index is 0. The van der Waals surface area contributed by atoms with Gasteiger partial charge in [-0.2, -0.15) is 0 Å². The van der Waals surface area contributed by atoms with Gasteiger partial charge in [0.2, 0.25) is 0 Å². The van der Waals surface area contributed by atoms with E-state index in [2.05, 4.69) is 0 Å². The van der Waals surface area contributed by atoms with Crippen LogP contribution in [0.25, 0.3) is 0 Å². The van der Waals surface area contributed by atoms with Crippen LogP contribution in [-0.4, -0.2) is 23.5 Å². The smallest absolute Gasteiger partial charge is 0.746 e. The molecule has 0 aliphatic carbocycles. The van der Waals surface area contributed by atoms with Crippen molar-refractivity contribution in [2.75, 3.05) is 0 Å². The molecule has 0 saturated carbocycles. The van der Waals surface area contributed by atoms with Crippen molar-refractivity contribution in [3.63, 3.8) is 0 Å². The maximum absolute atomic E-state index is 10.5. The van der Waals surface area contributed by atoms with Gasteiger partial charge in [0.15, 0.2) is 0 Å². The normalized spacial score (nSPS) is 14.9. The molecule has 2 unspecified atom stereocenters. The Kier molecular flexibility index (Phi) is 6.77. The van der Waals surface area contributed by atoms with Crippen LogP contribution in [0.5, 0.6) is 0 Å². The molecule has 1 aromatic rings. The van der Waals surface area contributed by atoms with Gasteiger partial charge in [-0.3, -0.25) is 0 Å². The summed E-state index contributed by atoms with van der Waals surface area (Å²) in [5.41, 5.74) is -0.923. The molecule has 16 heavy (non-hydrogen) atoms. The number of aliphatic hydroxyl groups excluding tert-OH is 1. The Hall–Kier alpha value is 0.0900. The Bertz CT molecular complexity index is 404. The zero-order valence-corrected chi connectivity index (χ0v) is 12.1. The maximum atomic E-state index is 10.5. The van der Waals surface area contributed by atoms with E-state index in [1.165, 1.54) is 0 Å². The van der Waals surface area contributed by atoms with Gasteiger partial charge in [0, 0.05) is 0 Å². The summed E-state index contributed by atoms with van der Waals surface area (Å²) in [6, 6.07) is 9.15. The molecule has 0 aliphatic heterocycles. The number of aliphatic hydroxyl groups is 1. The van der Waals surface area contributed by atoms with Crippen LogP contribution in [0.1, 0.15) is 24.8 Å². The van der Waals surface area contributed by atoms with Crippen LogP contribution in [0.3, 0.4) is 0 Å². The van der Waals surface area contributed by atoms with Crippen molar-refractivity contribution >= 4 is 10.1 Å². The summed E-state index contributed by atoms with van der Waals surface area (Å²) < 4.78 is 31.5. The molecule has 0 heterocycles. The first-order chi connectivity index (χ1) is 6.91. The summed E-state index contributed by atoms with van der Waals surface area (Å²) >= 11 is 0. The number of hydrogen-bond donors (Lipinski definition) is 1. The van der Waals surface area contributed by atoms with Crippen LogP contribution in [0.4, 0.5) is 0 Å². The van der Waals surface area contributed by atoms with E-state index in [9.17, 15) is 13.0 Å². The molecular weight excluding hydrogens is 239 g/mol. The molecule has 1 N–H and O–H groups in total. The molecule has 1 rings (SSSR count). The average molecular weight is 252 g/mol. The molecule has 0 bridgehead atoms. The van der Waals surface area contributed by atoms with E-state index in [0.717, 1.165) is 5.56 Å². The number of benzene rings is 1. The minimum Gasteiger partial charge on any atom is -0.746 e. The summed E-state index contributed by atoms with van der Waals surface area (Å²) in [5, 5.41) is 9.12. The third-order valence-electron chi connectivity index (χ3n) is 2.26. The van der Waals surface area contributed by atoms with Crippen molar-refractivity contribution in [1.29, 1.82) is 0 Å². The van der Waals surface area contributed by atoms with E-state index in [-0.39, 0.29) is 41.9 Å². The molecule has 4 nitrogen and oxygen atoms in total. The summed E-state index contributed by atoms with van der Waals surface area (Å²) in [6.45, 7) is 1.77. The van der Waals surface area contributed by atoms with Crippen molar-refractivity contribution in [2.24, 2.45) is 0 Å². The second kappa shape index (κ2) is 6.74. The molecule has 0 saturated heterocycles. The van der Waals surface area contributed by atoms with E-state index in [1.54, 1.807) is 6.92 Å². The standard InChI is InChI=1S/C10H14O4S.Na/c1-8(7-10(11)15(12,13)14)9-5-3-2-4-6-9;/h2-6,8,10-11H,7H2,1H3,(H,12,13,14);/q;+1/p-1. The van der Waals surface area contributed by atoms with Gasteiger partial charge in [-0.25, -0.2) is 8.42 Å². The third-order valence-corrected chi connectivity index (χ3v) is 3.12. The van der Waals surface area contributed by atoms with Crippen molar-refractivity contribution < 1.29 is 47.6 Å². The van der Waals surface area contributed by atoms with E-state index in [0.29, 0.717) is 0 Å². The van der Waals surface area contributed by atoms with Crippen molar-refractivity contribution in [2.45, 2.75) is 24.7 Å². The van der Waals surface area contributed by atoms with Crippen molar-refractivity contribution in [3.8, 4) is 0 Å². The summed E-state index contributed by atoms with van der Waals surface area (Å²) in [7, 11) is -4.60. The van der Waals surface area contributed by atoms with Crippen LogP contribution in [0.2, 0.25) is 0 Å². The van der Waals surface area contributed by atoms with Crippen molar-refractivity contribution in [1.82, 2.24) is 0 Å². The third kappa shape index (κ3) is 4.95. The fourth-order valence-electron chi connectivity index (χ4n) is 1.34. The first-order valence-electron chi connectivity index (χ1n) is 4.59. The fourth-order valence-corrected chi connectivity index (χ4v) is 1.86. The van der Waals surface area contributed by atoms with Crippen LogP contribution in [0.15, 0.2) is 30.3 Å². The zero-order chi connectivity index (χ0) is 11.5. The SMILES string of the molecule is CC(CC(O)S(=O)(=O)[O-])c1ccccc1.[Na+]. The summed E-state index contributed by atoms with van der Waals surface area (Å²) in [5.74, 6) is -0.162. The summed E-state index contributed by atoms with van der Waals surface area (Å²) in [6.07, 6.45) is -0.0736. The first-order valence-corrected chi connectivity index (χ1v) is 6.06. The van der Waals surface area contributed by atoms with E-state index in [4.69, 9.17) is 5.11 Å². The molecule has 0 fully saturated rings. The van der Waals surface area contributed by atoms with Crippen molar-refractivity contribution in [3.05, 3.63) is 35.9 Å². The van der Waals surface area contributed by atoms with Crippen LogP contribution in [-0.2, 0) is 10.1 Å². The van der Waals surface area contributed by atoms with Gasteiger partial charge < -0.3 is 9.66 Å². The first kappa shape index (κ1) is 16.1. The predicted octanol–water partition coefficient (Wildman–Crippen LogP) is -1.95. The molecule has 2 atom stereocenters. The predicted molar refractivity (Wildman–Crippen MR) is 55.2 cm³/mol. The molecule has 0 radical (unpaired) electrons. The van der Waals surface area contributed by atoms with Gasteiger partial charge in [0.05, 0.1) is 0 Å². The molecule has 0 amide bonds. The number of hydrogen-bond acceptors (Lipinski definition) is 4. The Morgan fingerprint density at radius 2 is 1.81 bits per heavy atom. The van der Waals surface area contributed by atoms with E-state index < -0.39 is 15.6 Å². The van der Waals surface area contributed by atoms with Gasteiger partial charge in [0.1, 0.15) is 15.6 Å².